The molecule has 0 aliphatic carbocycles. The fraction of sp³-hybridized carbons (Fsp3) is 0.692. The Kier molecular flexibility index (Phi) is 7.11. The van der Waals surface area contributed by atoms with Gasteiger partial charge >= 0.3 is 0 Å². The molecule has 5 nitrogen and oxygen atoms in total. The SMILES string of the molecule is CCNCc1sc(S(=O)(=O)NCCCN(C)C)cc1C. The second-order valence-electron chi connectivity index (χ2n) is 5.01. The predicted molar refractivity (Wildman–Crippen MR) is 84.8 cm³/mol. The molecule has 7 heteroatoms. The van der Waals surface area contributed by atoms with Gasteiger partial charge in [-0.1, -0.05) is 6.92 Å². The molecule has 116 valence electrons. The van der Waals surface area contributed by atoms with E-state index in [-0.39, 0.29) is 0 Å². The van der Waals surface area contributed by atoms with Crippen molar-refractivity contribution in [2.75, 3.05) is 33.7 Å². The van der Waals surface area contributed by atoms with Crippen molar-refractivity contribution < 1.29 is 8.42 Å². The van der Waals surface area contributed by atoms with Crippen molar-refractivity contribution >= 4 is 21.4 Å². The third-order valence-electron chi connectivity index (χ3n) is 2.87. The minimum atomic E-state index is -3.36. The summed E-state index contributed by atoms with van der Waals surface area (Å²) in [4.78, 5) is 3.12. The molecule has 1 rings (SSSR count). The zero-order valence-electron chi connectivity index (χ0n) is 12.7. The van der Waals surface area contributed by atoms with Crippen LogP contribution in [0, 0.1) is 6.92 Å². The average molecular weight is 319 g/mol. The maximum absolute atomic E-state index is 12.2. The molecular formula is C13H25N3O2S2. The third kappa shape index (κ3) is 5.49. The van der Waals surface area contributed by atoms with E-state index in [1.54, 1.807) is 6.07 Å². The van der Waals surface area contributed by atoms with Crippen LogP contribution in [0.15, 0.2) is 10.3 Å². The number of hydrogen-bond donors (Lipinski definition) is 2. The van der Waals surface area contributed by atoms with Crippen molar-refractivity contribution in [2.24, 2.45) is 0 Å². The van der Waals surface area contributed by atoms with Gasteiger partial charge in [0.05, 0.1) is 0 Å². The van der Waals surface area contributed by atoms with Crippen molar-refractivity contribution in [2.45, 2.75) is 31.0 Å². The van der Waals surface area contributed by atoms with Crippen molar-refractivity contribution in [3.8, 4) is 0 Å². The highest BCUT2D eigenvalue weighted by Crippen LogP contribution is 2.25. The van der Waals surface area contributed by atoms with Crippen molar-refractivity contribution in [3.63, 3.8) is 0 Å². The molecule has 0 saturated carbocycles. The van der Waals surface area contributed by atoms with E-state index >= 15 is 0 Å². The summed E-state index contributed by atoms with van der Waals surface area (Å²) in [5.41, 5.74) is 1.03. The van der Waals surface area contributed by atoms with Gasteiger partial charge in [0.25, 0.3) is 0 Å². The molecule has 0 radical (unpaired) electrons. The van der Waals surface area contributed by atoms with Gasteiger partial charge in [-0.15, -0.1) is 11.3 Å². The zero-order valence-corrected chi connectivity index (χ0v) is 14.3. The number of nitrogens with zero attached hydrogens (tertiary/aromatic N) is 1. The van der Waals surface area contributed by atoms with Crippen molar-refractivity contribution in [1.82, 2.24) is 14.9 Å². The van der Waals surface area contributed by atoms with Crippen LogP contribution >= 0.6 is 11.3 Å². The number of thiophene rings is 1. The van der Waals surface area contributed by atoms with Crippen LogP contribution in [0.3, 0.4) is 0 Å². The van der Waals surface area contributed by atoms with Crippen LogP contribution in [-0.4, -0.2) is 47.0 Å². The Morgan fingerprint density at radius 1 is 1.35 bits per heavy atom. The van der Waals surface area contributed by atoms with Gasteiger partial charge in [0.15, 0.2) is 0 Å². The Labute approximate surface area is 126 Å². The molecule has 0 amide bonds. The summed E-state index contributed by atoms with van der Waals surface area (Å²) < 4.78 is 27.4. The summed E-state index contributed by atoms with van der Waals surface area (Å²) in [6.45, 7) is 6.93. The second-order valence-corrected chi connectivity index (χ2v) is 8.14. The summed E-state index contributed by atoms with van der Waals surface area (Å²) in [5, 5.41) is 3.22. The number of sulfonamides is 1. The molecular weight excluding hydrogens is 294 g/mol. The lowest BCUT2D eigenvalue weighted by atomic mass is 10.3. The molecule has 0 saturated heterocycles. The van der Waals surface area contributed by atoms with E-state index < -0.39 is 10.0 Å². The molecule has 0 spiro atoms. The average Bonchev–Trinajstić information content (AvgIpc) is 2.74. The molecule has 0 unspecified atom stereocenters. The van der Waals surface area contributed by atoms with Crippen molar-refractivity contribution in [1.29, 1.82) is 0 Å². The largest absolute Gasteiger partial charge is 0.312 e. The monoisotopic (exact) mass is 319 g/mol. The first-order valence-electron chi connectivity index (χ1n) is 6.81. The number of nitrogens with one attached hydrogen (secondary N) is 2. The van der Waals surface area contributed by atoms with Gasteiger partial charge in [0.1, 0.15) is 4.21 Å². The van der Waals surface area contributed by atoms with Crippen LogP contribution in [0.5, 0.6) is 0 Å². The Morgan fingerprint density at radius 3 is 2.65 bits per heavy atom. The lowest BCUT2D eigenvalue weighted by Gasteiger charge is -2.09. The normalized spacial score (nSPS) is 12.2. The summed E-state index contributed by atoms with van der Waals surface area (Å²) in [6, 6.07) is 1.76. The van der Waals surface area contributed by atoms with E-state index in [9.17, 15) is 8.42 Å². The van der Waals surface area contributed by atoms with E-state index in [4.69, 9.17) is 0 Å². The first-order valence-corrected chi connectivity index (χ1v) is 9.11. The highest BCUT2D eigenvalue weighted by atomic mass is 32.2. The Bertz CT molecular complexity index is 510. The van der Waals surface area contributed by atoms with Gasteiger partial charge in [-0.2, -0.15) is 0 Å². The maximum Gasteiger partial charge on any atom is 0.250 e. The standard InChI is InChI=1S/C13H25N3O2S2/c1-5-14-10-12-11(2)9-13(19-12)20(17,18)15-7-6-8-16(3)4/h9,14-15H,5-8,10H2,1-4H3. The van der Waals surface area contributed by atoms with Gasteiger partial charge in [0.2, 0.25) is 10.0 Å². The molecule has 2 N–H and O–H groups in total. The molecule has 1 aromatic rings. The predicted octanol–water partition coefficient (Wildman–Crippen LogP) is 1.40. The molecule has 1 aromatic heterocycles. The van der Waals surface area contributed by atoms with E-state index in [1.165, 1.54) is 11.3 Å². The topological polar surface area (TPSA) is 61.4 Å². The highest BCUT2D eigenvalue weighted by Gasteiger charge is 2.18. The zero-order chi connectivity index (χ0) is 15.2. The number of aryl methyl sites for hydroxylation is 1. The number of rotatable bonds is 9. The fourth-order valence-corrected chi connectivity index (χ4v) is 4.39. The van der Waals surface area contributed by atoms with Crippen LogP contribution in [0.4, 0.5) is 0 Å². The summed E-state index contributed by atoms with van der Waals surface area (Å²) in [5.74, 6) is 0. The van der Waals surface area contributed by atoms with Gasteiger partial charge in [-0.25, -0.2) is 13.1 Å². The quantitative estimate of drug-likeness (QED) is 0.675. The minimum Gasteiger partial charge on any atom is -0.312 e. The van der Waals surface area contributed by atoms with Crippen LogP contribution < -0.4 is 10.0 Å². The lowest BCUT2D eigenvalue weighted by Crippen LogP contribution is -2.26. The van der Waals surface area contributed by atoms with Gasteiger partial charge < -0.3 is 10.2 Å². The lowest BCUT2D eigenvalue weighted by molar-refractivity contribution is 0.400. The Morgan fingerprint density at radius 2 is 2.05 bits per heavy atom. The summed E-state index contributed by atoms with van der Waals surface area (Å²) >= 11 is 1.35. The molecule has 0 fully saturated rings. The summed E-state index contributed by atoms with van der Waals surface area (Å²) in [7, 11) is 0.590. The molecule has 1 heterocycles. The fourth-order valence-electron chi connectivity index (χ4n) is 1.71. The van der Waals surface area contributed by atoms with Crippen LogP contribution in [-0.2, 0) is 16.6 Å². The smallest absolute Gasteiger partial charge is 0.250 e. The third-order valence-corrected chi connectivity index (χ3v) is 6.04. The van der Waals surface area contributed by atoms with E-state index in [1.807, 2.05) is 32.8 Å². The Balaban J connectivity index is 2.63. The minimum absolute atomic E-state index is 0.410. The Hall–Kier alpha value is -0.470. The van der Waals surface area contributed by atoms with Gasteiger partial charge in [-0.3, -0.25) is 0 Å². The van der Waals surface area contributed by atoms with Crippen LogP contribution in [0.25, 0.3) is 0 Å². The number of hydrogen-bond acceptors (Lipinski definition) is 5. The van der Waals surface area contributed by atoms with E-state index in [0.717, 1.165) is 36.5 Å². The van der Waals surface area contributed by atoms with Gasteiger partial charge in [-0.05, 0) is 52.2 Å². The van der Waals surface area contributed by atoms with Gasteiger partial charge in [0, 0.05) is 18.0 Å². The second kappa shape index (κ2) is 8.09. The van der Waals surface area contributed by atoms with Crippen molar-refractivity contribution in [3.05, 3.63) is 16.5 Å². The first-order chi connectivity index (χ1) is 9.36. The van der Waals surface area contributed by atoms with Crippen LogP contribution in [0.2, 0.25) is 0 Å². The molecule has 0 aromatic carbocycles. The van der Waals surface area contributed by atoms with E-state index in [0.29, 0.717) is 10.8 Å². The molecule has 0 atom stereocenters. The molecule has 0 aliphatic heterocycles. The first kappa shape index (κ1) is 17.6. The molecule has 0 aliphatic rings. The maximum atomic E-state index is 12.2. The molecule has 20 heavy (non-hydrogen) atoms. The highest BCUT2D eigenvalue weighted by molar-refractivity contribution is 7.91. The van der Waals surface area contributed by atoms with Crippen LogP contribution in [0.1, 0.15) is 23.8 Å². The summed E-state index contributed by atoms with van der Waals surface area (Å²) in [6.07, 6.45) is 0.806. The molecule has 0 bridgehead atoms. The van der Waals surface area contributed by atoms with E-state index in [2.05, 4.69) is 10.0 Å².